The second kappa shape index (κ2) is 9.61. The quantitative estimate of drug-likeness (QED) is 0.265. The van der Waals surface area contributed by atoms with Gasteiger partial charge < -0.3 is 9.26 Å². The number of rotatable bonds is 8. The van der Waals surface area contributed by atoms with Crippen LogP contribution in [0.4, 0.5) is 13.2 Å². The van der Waals surface area contributed by atoms with E-state index in [1.807, 2.05) is 25.1 Å². The number of nitrogens with zero attached hydrogens (tertiary/aromatic N) is 6. The number of halogens is 3. The first kappa shape index (κ1) is 22.8. The predicted octanol–water partition coefficient (Wildman–Crippen LogP) is 4.77. The molecule has 12 heteroatoms. The Labute approximate surface area is 191 Å². The molecule has 0 unspecified atom stereocenters. The second-order valence-corrected chi connectivity index (χ2v) is 8.15. The lowest BCUT2D eigenvalue weighted by Gasteiger charge is -2.10. The molecule has 2 aromatic carbocycles. The van der Waals surface area contributed by atoms with Gasteiger partial charge >= 0.3 is 6.18 Å². The van der Waals surface area contributed by atoms with Crippen LogP contribution in [0.25, 0.3) is 17.1 Å². The molecule has 2 aromatic heterocycles. The fraction of sp³-hybridized carbons (Fsp3) is 0.286. The molecule has 2 heterocycles. The number of tetrazole rings is 1. The minimum absolute atomic E-state index is 0.124. The number of thioether (sulfide) groups is 1. The summed E-state index contributed by atoms with van der Waals surface area (Å²) in [5, 5.41) is 16.3. The van der Waals surface area contributed by atoms with E-state index in [1.165, 1.54) is 23.9 Å². The molecule has 8 nitrogen and oxygen atoms in total. The number of aryl methyl sites for hydroxylation is 2. The smallest absolute Gasteiger partial charge is 0.416 e. The maximum Gasteiger partial charge on any atom is 0.416 e. The first-order valence-corrected chi connectivity index (χ1v) is 10.9. The summed E-state index contributed by atoms with van der Waals surface area (Å²) in [4.78, 5) is 4.22. The van der Waals surface area contributed by atoms with Crippen LogP contribution in [0.15, 0.2) is 52.1 Å². The van der Waals surface area contributed by atoms with Crippen LogP contribution in [0.3, 0.4) is 0 Å². The van der Waals surface area contributed by atoms with Gasteiger partial charge in [-0.25, -0.2) is 0 Å². The lowest BCUT2D eigenvalue weighted by molar-refractivity contribution is -0.137. The predicted molar refractivity (Wildman–Crippen MR) is 114 cm³/mol. The van der Waals surface area contributed by atoms with E-state index in [4.69, 9.17) is 9.26 Å². The van der Waals surface area contributed by atoms with Gasteiger partial charge in [0.05, 0.1) is 12.7 Å². The number of alkyl halides is 3. The zero-order chi connectivity index (χ0) is 23.4. The molecule has 0 atom stereocenters. The molecule has 0 spiro atoms. The van der Waals surface area contributed by atoms with Gasteiger partial charge in [-0.15, -0.1) is 5.10 Å². The Bertz CT molecular complexity index is 1240. The Morgan fingerprint density at radius 1 is 1.15 bits per heavy atom. The lowest BCUT2D eigenvalue weighted by Crippen LogP contribution is -2.04. The summed E-state index contributed by atoms with van der Waals surface area (Å²) >= 11 is 1.46. The molecule has 0 aliphatic heterocycles. The summed E-state index contributed by atoms with van der Waals surface area (Å²) in [5.74, 6) is 1.79. The highest BCUT2D eigenvalue weighted by molar-refractivity contribution is 7.99. The van der Waals surface area contributed by atoms with Gasteiger partial charge in [-0.05, 0) is 53.6 Å². The summed E-state index contributed by atoms with van der Waals surface area (Å²) in [6, 6.07) is 10.6. The molecule has 0 amide bonds. The number of hydrogen-bond donors (Lipinski definition) is 0. The van der Waals surface area contributed by atoms with Crippen molar-refractivity contribution in [1.29, 1.82) is 0 Å². The SMILES string of the molecule is COc1ccc(C)cc1-n1nnnc1SCCCc1nc(-c2cccc(C(F)(F)F)c2)no1. The largest absolute Gasteiger partial charge is 0.494 e. The minimum Gasteiger partial charge on any atom is -0.494 e. The number of methoxy groups -OCH3 is 1. The Balaban J connectivity index is 1.37. The van der Waals surface area contributed by atoms with E-state index in [2.05, 4.69) is 25.7 Å². The molecule has 0 aliphatic rings. The van der Waals surface area contributed by atoms with Gasteiger partial charge in [0.1, 0.15) is 11.4 Å². The van der Waals surface area contributed by atoms with Crippen molar-refractivity contribution in [2.45, 2.75) is 31.1 Å². The summed E-state index contributed by atoms with van der Waals surface area (Å²) in [5.41, 5.74) is 1.28. The van der Waals surface area contributed by atoms with E-state index < -0.39 is 11.7 Å². The first-order valence-electron chi connectivity index (χ1n) is 9.91. The van der Waals surface area contributed by atoms with Gasteiger partial charge in [0, 0.05) is 17.7 Å². The van der Waals surface area contributed by atoms with Crippen LogP contribution in [0.5, 0.6) is 5.75 Å². The topological polar surface area (TPSA) is 91.8 Å². The van der Waals surface area contributed by atoms with E-state index in [1.54, 1.807) is 11.8 Å². The molecular weight excluding hydrogens is 457 g/mol. The normalized spacial score (nSPS) is 11.7. The lowest BCUT2D eigenvalue weighted by atomic mass is 10.1. The third-order valence-corrected chi connectivity index (χ3v) is 5.69. The molecular formula is C21H19F3N6O2S. The van der Waals surface area contributed by atoms with Crippen molar-refractivity contribution >= 4 is 11.8 Å². The maximum absolute atomic E-state index is 12.9. The Kier molecular flexibility index (Phi) is 6.63. The third-order valence-electron chi connectivity index (χ3n) is 4.69. The van der Waals surface area contributed by atoms with Crippen molar-refractivity contribution < 1.29 is 22.4 Å². The molecule has 4 aromatic rings. The van der Waals surface area contributed by atoms with Crippen molar-refractivity contribution in [2.24, 2.45) is 0 Å². The molecule has 0 fully saturated rings. The second-order valence-electron chi connectivity index (χ2n) is 7.09. The van der Waals surface area contributed by atoms with E-state index in [0.717, 1.165) is 23.4 Å². The van der Waals surface area contributed by atoms with Gasteiger partial charge in [0.15, 0.2) is 0 Å². The maximum atomic E-state index is 12.9. The van der Waals surface area contributed by atoms with E-state index in [-0.39, 0.29) is 11.4 Å². The zero-order valence-corrected chi connectivity index (χ0v) is 18.5. The number of aromatic nitrogens is 6. The fourth-order valence-corrected chi connectivity index (χ4v) is 3.90. The van der Waals surface area contributed by atoms with Crippen LogP contribution in [0.1, 0.15) is 23.4 Å². The van der Waals surface area contributed by atoms with Crippen LogP contribution in [-0.4, -0.2) is 43.2 Å². The van der Waals surface area contributed by atoms with Crippen LogP contribution < -0.4 is 4.74 Å². The highest BCUT2D eigenvalue weighted by Crippen LogP contribution is 2.31. The van der Waals surface area contributed by atoms with Crippen molar-refractivity contribution in [2.75, 3.05) is 12.9 Å². The molecule has 0 bridgehead atoms. The molecule has 0 radical (unpaired) electrons. The average Bonchev–Trinajstić information content (AvgIpc) is 3.46. The van der Waals surface area contributed by atoms with Crippen molar-refractivity contribution in [3.63, 3.8) is 0 Å². The Hall–Kier alpha value is -3.41. The molecule has 4 rings (SSSR count). The Morgan fingerprint density at radius 3 is 2.79 bits per heavy atom. The molecule has 0 saturated carbocycles. The number of hydrogen-bond acceptors (Lipinski definition) is 8. The van der Waals surface area contributed by atoms with Crippen molar-refractivity contribution in [1.82, 2.24) is 30.3 Å². The van der Waals surface area contributed by atoms with Crippen molar-refractivity contribution in [3.8, 4) is 22.8 Å². The average molecular weight is 476 g/mol. The van der Waals surface area contributed by atoms with E-state index in [9.17, 15) is 13.2 Å². The van der Waals surface area contributed by atoms with Crippen LogP contribution in [0, 0.1) is 6.92 Å². The molecule has 172 valence electrons. The van der Waals surface area contributed by atoms with Gasteiger partial charge in [0.2, 0.25) is 16.9 Å². The van der Waals surface area contributed by atoms with Gasteiger partial charge in [-0.3, -0.25) is 0 Å². The van der Waals surface area contributed by atoms with Gasteiger partial charge in [0.25, 0.3) is 0 Å². The van der Waals surface area contributed by atoms with Crippen LogP contribution in [-0.2, 0) is 12.6 Å². The van der Waals surface area contributed by atoms with Gasteiger partial charge in [-0.2, -0.15) is 22.8 Å². The zero-order valence-electron chi connectivity index (χ0n) is 17.7. The fourth-order valence-electron chi connectivity index (χ4n) is 3.08. The van der Waals surface area contributed by atoms with E-state index >= 15 is 0 Å². The molecule has 0 saturated heterocycles. The van der Waals surface area contributed by atoms with Crippen LogP contribution in [0.2, 0.25) is 0 Å². The van der Waals surface area contributed by atoms with Crippen LogP contribution >= 0.6 is 11.8 Å². The summed E-state index contributed by atoms with van der Waals surface area (Å²) in [6.45, 7) is 1.97. The van der Waals surface area contributed by atoms with Crippen molar-refractivity contribution in [3.05, 3.63) is 59.5 Å². The highest BCUT2D eigenvalue weighted by Gasteiger charge is 2.30. The summed E-state index contributed by atoms with van der Waals surface area (Å²) in [6.07, 6.45) is -3.29. The van der Waals surface area contributed by atoms with E-state index in [0.29, 0.717) is 35.4 Å². The molecule has 0 aliphatic carbocycles. The third kappa shape index (κ3) is 5.33. The highest BCUT2D eigenvalue weighted by atomic mass is 32.2. The minimum atomic E-state index is -4.43. The number of benzene rings is 2. The molecule has 33 heavy (non-hydrogen) atoms. The van der Waals surface area contributed by atoms with Gasteiger partial charge in [-0.1, -0.05) is 35.1 Å². The monoisotopic (exact) mass is 476 g/mol. The summed E-state index contributed by atoms with van der Waals surface area (Å²) < 4.78 is 51.0. The Morgan fingerprint density at radius 2 is 2.00 bits per heavy atom. The molecule has 0 N–H and O–H groups in total. The number of ether oxygens (including phenoxy) is 1. The summed E-state index contributed by atoms with van der Waals surface area (Å²) in [7, 11) is 1.59. The first-order chi connectivity index (χ1) is 15.8. The standard InChI is InChI=1S/C21H19F3N6O2S/c1-13-8-9-17(31-2)16(11-13)30-20(26-28-29-30)33-10-4-7-18-25-19(27-32-18)14-5-3-6-15(12-14)21(22,23)24/h3,5-6,8-9,11-12H,4,7,10H2,1-2H3.